The number of H-pyrrole nitrogens is 1. The molecule has 1 heterocycles. The summed E-state index contributed by atoms with van der Waals surface area (Å²) in [5, 5.41) is 8.59. The lowest BCUT2D eigenvalue weighted by Gasteiger charge is -2.42. The van der Waals surface area contributed by atoms with Crippen molar-refractivity contribution in [3.63, 3.8) is 0 Å². The molecule has 0 radical (unpaired) electrons. The minimum Gasteiger partial charge on any atom is -0.351 e. The van der Waals surface area contributed by atoms with Gasteiger partial charge in [0.15, 0.2) is 0 Å². The van der Waals surface area contributed by atoms with Crippen LogP contribution in [0.25, 0.3) is 0 Å². The molecule has 0 bridgehead atoms. The fraction of sp³-hybridized carbons (Fsp3) is 0.353. The third-order valence-electron chi connectivity index (χ3n) is 4.55. The van der Waals surface area contributed by atoms with Crippen molar-refractivity contribution in [2.75, 3.05) is 6.54 Å². The van der Waals surface area contributed by atoms with E-state index >= 15 is 0 Å². The Labute approximate surface area is 137 Å². The number of hydrogen-bond acceptors (Lipinski definition) is 3. The number of nitrogens with zero attached hydrogens (tertiary/aromatic N) is 1. The molecular weight excluding hydrogens is 316 g/mol. The second-order valence-electron chi connectivity index (χ2n) is 6.28. The molecule has 3 rings (SSSR count). The van der Waals surface area contributed by atoms with E-state index in [1.807, 2.05) is 0 Å². The molecule has 24 heavy (non-hydrogen) atoms. The Bertz CT molecular complexity index is 815. The Morgan fingerprint density at radius 1 is 1.29 bits per heavy atom. The molecule has 0 saturated heterocycles. The average molecular weight is 333 g/mol. The fourth-order valence-electron chi connectivity index (χ4n) is 3.03. The zero-order chi connectivity index (χ0) is 17.2. The Balaban J connectivity index is 1.67. The Hall–Kier alpha value is -2.57. The highest BCUT2D eigenvalue weighted by Crippen LogP contribution is 2.43. The van der Waals surface area contributed by atoms with Gasteiger partial charge in [-0.05, 0) is 36.3 Å². The smallest absolute Gasteiger partial charge is 0.264 e. The third kappa shape index (κ3) is 3.50. The van der Waals surface area contributed by atoms with E-state index in [0.717, 1.165) is 25.3 Å². The average Bonchev–Trinajstić information content (AvgIpc) is 2.51. The number of carbonyl (C=O) groups excluding carboxylic acids is 1. The number of halogens is 2. The minimum absolute atomic E-state index is 0.182. The van der Waals surface area contributed by atoms with Crippen LogP contribution in [-0.4, -0.2) is 22.6 Å². The van der Waals surface area contributed by atoms with Crippen molar-refractivity contribution in [3.8, 4) is 0 Å². The molecule has 0 aliphatic heterocycles. The van der Waals surface area contributed by atoms with Gasteiger partial charge in [-0.3, -0.25) is 9.59 Å². The summed E-state index contributed by atoms with van der Waals surface area (Å²) in [5.74, 6) is -1.56. The molecule has 0 atom stereocenters. The number of amides is 1. The normalized spacial score (nSPS) is 15.6. The van der Waals surface area contributed by atoms with Crippen molar-refractivity contribution in [2.24, 2.45) is 5.41 Å². The Kier molecular flexibility index (Phi) is 4.42. The van der Waals surface area contributed by atoms with Crippen molar-refractivity contribution in [1.82, 2.24) is 15.5 Å². The van der Waals surface area contributed by atoms with E-state index in [2.05, 4.69) is 15.5 Å². The second kappa shape index (κ2) is 6.51. The first kappa shape index (κ1) is 16.3. The summed E-state index contributed by atoms with van der Waals surface area (Å²) in [6.07, 6.45) is 4.44. The van der Waals surface area contributed by atoms with Crippen molar-refractivity contribution in [1.29, 1.82) is 0 Å². The molecule has 2 N–H and O–H groups in total. The van der Waals surface area contributed by atoms with Crippen LogP contribution in [0.2, 0.25) is 0 Å². The molecular formula is C17H17F2N3O2. The van der Waals surface area contributed by atoms with E-state index < -0.39 is 17.2 Å². The summed E-state index contributed by atoms with van der Waals surface area (Å²) in [6, 6.07) is 4.75. The van der Waals surface area contributed by atoms with E-state index in [1.165, 1.54) is 24.4 Å². The van der Waals surface area contributed by atoms with Crippen LogP contribution in [0.15, 0.2) is 35.3 Å². The first-order chi connectivity index (χ1) is 11.5. The Morgan fingerprint density at radius 2 is 2.08 bits per heavy atom. The van der Waals surface area contributed by atoms with E-state index in [4.69, 9.17) is 0 Å². The van der Waals surface area contributed by atoms with Crippen LogP contribution in [0, 0.1) is 17.0 Å². The zero-order valence-corrected chi connectivity index (χ0v) is 12.9. The first-order valence-corrected chi connectivity index (χ1v) is 7.74. The number of aromatic amines is 1. The highest BCUT2D eigenvalue weighted by Gasteiger charge is 2.38. The van der Waals surface area contributed by atoms with Gasteiger partial charge in [0, 0.05) is 18.7 Å². The predicted octanol–water partition coefficient (Wildman–Crippen LogP) is 2.19. The molecule has 1 saturated carbocycles. The van der Waals surface area contributed by atoms with Crippen LogP contribution >= 0.6 is 0 Å². The Morgan fingerprint density at radius 3 is 2.71 bits per heavy atom. The molecule has 1 amide bonds. The van der Waals surface area contributed by atoms with Gasteiger partial charge in [-0.1, -0.05) is 12.5 Å². The molecule has 1 aromatic heterocycles. The number of hydrogen-bond donors (Lipinski definition) is 2. The lowest BCUT2D eigenvalue weighted by molar-refractivity contribution is 0.0857. The van der Waals surface area contributed by atoms with Crippen molar-refractivity contribution in [2.45, 2.75) is 25.7 Å². The molecule has 0 spiro atoms. The maximum Gasteiger partial charge on any atom is 0.264 e. The van der Waals surface area contributed by atoms with Crippen LogP contribution < -0.4 is 10.9 Å². The number of benzene rings is 1. The van der Waals surface area contributed by atoms with Crippen LogP contribution in [0.1, 0.15) is 35.2 Å². The molecule has 1 aliphatic rings. The maximum absolute atomic E-state index is 13.9. The summed E-state index contributed by atoms with van der Waals surface area (Å²) >= 11 is 0. The highest BCUT2D eigenvalue weighted by molar-refractivity contribution is 5.93. The molecule has 5 nitrogen and oxygen atoms in total. The predicted molar refractivity (Wildman–Crippen MR) is 83.5 cm³/mol. The summed E-state index contributed by atoms with van der Waals surface area (Å²) in [6.45, 7) is 0.370. The second-order valence-corrected chi connectivity index (χ2v) is 6.28. The van der Waals surface area contributed by atoms with Gasteiger partial charge in [0.05, 0.1) is 11.8 Å². The quantitative estimate of drug-likeness (QED) is 0.881. The molecule has 0 unspecified atom stereocenters. The van der Waals surface area contributed by atoms with Crippen LogP contribution in [0.3, 0.4) is 0 Å². The highest BCUT2D eigenvalue weighted by atomic mass is 19.1. The molecule has 1 aliphatic carbocycles. The lowest BCUT2D eigenvalue weighted by Crippen LogP contribution is -2.44. The zero-order valence-electron chi connectivity index (χ0n) is 12.9. The van der Waals surface area contributed by atoms with Gasteiger partial charge in [-0.2, -0.15) is 5.10 Å². The standard InChI is InChI=1S/C17H17F2N3O2/c18-13-3-2-11(14(19)7-13)8-17(4-1-5-17)10-20-16(24)12-6-15(23)22-21-9-12/h2-3,6-7,9H,1,4-5,8,10H2,(H,20,24)(H,22,23). The molecule has 126 valence electrons. The van der Waals surface area contributed by atoms with Gasteiger partial charge in [-0.25, -0.2) is 13.9 Å². The largest absolute Gasteiger partial charge is 0.351 e. The van der Waals surface area contributed by atoms with Crippen molar-refractivity contribution in [3.05, 3.63) is 63.6 Å². The van der Waals surface area contributed by atoms with Crippen molar-refractivity contribution < 1.29 is 13.6 Å². The number of carbonyl (C=O) groups is 1. The van der Waals surface area contributed by atoms with Crippen LogP contribution in [-0.2, 0) is 6.42 Å². The van der Waals surface area contributed by atoms with Crippen molar-refractivity contribution >= 4 is 5.91 Å². The van der Waals surface area contributed by atoms with Gasteiger partial charge in [0.25, 0.3) is 11.5 Å². The topological polar surface area (TPSA) is 74.8 Å². The monoisotopic (exact) mass is 333 g/mol. The molecule has 2 aromatic rings. The third-order valence-corrected chi connectivity index (χ3v) is 4.55. The minimum atomic E-state index is -0.603. The van der Waals surface area contributed by atoms with E-state index in [0.29, 0.717) is 18.5 Å². The van der Waals surface area contributed by atoms with Gasteiger partial charge in [0.2, 0.25) is 0 Å². The van der Waals surface area contributed by atoms with E-state index in [1.54, 1.807) is 0 Å². The van der Waals surface area contributed by atoms with E-state index in [9.17, 15) is 18.4 Å². The molecule has 1 fully saturated rings. The first-order valence-electron chi connectivity index (χ1n) is 7.74. The van der Waals surface area contributed by atoms with Gasteiger partial charge >= 0.3 is 0 Å². The molecule has 7 heteroatoms. The lowest BCUT2D eigenvalue weighted by atomic mass is 9.65. The fourth-order valence-corrected chi connectivity index (χ4v) is 3.03. The summed E-state index contributed by atoms with van der Waals surface area (Å²) in [4.78, 5) is 23.3. The van der Waals surface area contributed by atoms with Gasteiger partial charge in [-0.15, -0.1) is 0 Å². The number of aromatic nitrogens is 2. The SMILES string of the molecule is O=C(NCC1(Cc2ccc(F)cc2F)CCC1)c1cn[nH]c(=O)c1. The molecule has 1 aromatic carbocycles. The van der Waals surface area contributed by atoms with Gasteiger partial charge < -0.3 is 5.32 Å². The summed E-state index contributed by atoms with van der Waals surface area (Å²) in [5.41, 5.74) is -0.0538. The van der Waals surface area contributed by atoms with E-state index in [-0.39, 0.29) is 16.9 Å². The number of nitrogens with one attached hydrogen (secondary N) is 2. The van der Waals surface area contributed by atoms with Gasteiger partial charge in [0.1, 0.15) is 11.6 Å². The summed E-state index contributed by atoms with van der Waals surface area (Å²) < 4.78 is 26.9. The van der Waals surface area contributed by atoms with Crippen LogP contribution in [0.5, 0.6) is 0 Å². The summed E-state index contributed by atoms with van der Waals surface area (Å²) in [7, 11) is 0. The number of rotatable bonds is 5. The van der Waals surface area contributed by atoms with Crippen LogP contribution in [0.4, 0.5) is 8.78 Å². The maximum atomic E-state index is 13.9.